The number of benzene rings is 2. The zero-order chi connectivity index (χ0) is 27.0. The molecule has 4 aromatic rings. The zero-order valence-electron chi connectivity index (χ0n) is 21.5. The van der Waals surface area contributed by atoms with Gasteiger partial charge in [-0.2, -0.15) is 0 Å². The first kappa shape index (κ1) is 25.3. The van der Waals surface area contributed by atoms with E-state index >= 15 is 0 Å². The first-order valence-electron chi connectivity index (χ1n) is 12.1. The van der Waals surface area contributed by atoms with Gasteiger partial charge < -0.3 is 29.4 Å². The molecule has 0 saturated carbocycles. The molecule has 38 heavy (non-hydrogen) atoms. The Bertz CT molecular complexity index is 1500. The molecule has 9 heteroatoms. The van der Waals surface area contributed by atoms with E-state index in [2.05, 4.69) is 32.8 Å². The number of hydrogen-bond donors (Lipinski definition) is 2. The van der Waals surface area contributed by atoms with Crippen LogP contribution in [-0.2, 0) is 0 Å². The molecule has 2 aromatic heterocycles. The monoisotopic (exact) mass is 528 g/mol. The third kappa shape index (κ3) is 4.35. The van der Waals surface area contributed by atoms with Crippen LogP contribution < -0.4 is 19.7 Å². The number of nitrogens with one attached hydrogen (secondary N) is 1. The van der Waals surface area contributed by atoms with Gasteiger partial charge in [0, 0.05) is 29.3 Å². The van der Waals surface area contributed by atoms with Crippen LogP contribution in [0, 0.1) is 13.8 Å². The molecule has 3 heterocycles. The number of thiocarbonyl (C=S) groups is 1. The molecule has 0 radical (unpaired) electrons. The summed E-state index contributed by atoms with van der Waals surface area (Å²) < 4.78 is 13.3. The first-order valence-corrected chi connectivity index (χ1v) is 12.5. The molecule has 194 valence electrons. The Kier molecular flexibility index (Phi) is 6.77. The highest BCUT2D eigenvalue weighted by Crippen LogP contribution is 2.46. The van der Waals surface area contributed by atoms with E-state index in [-0.39, 0.29) is 17.6 Å². The van der Waals surface area contributed by atoms with Gasteiger partial charge in [-0.1, -0.05) is 6.07 Å². The summed E-state index contributed by atoms with van der Waals surface area (Å²) in [6, 6.07) is 20.1. The highest BCUT2D eigenvalue weighted by molar-refractivity contribution is 7.80. The van der Waals surface area contributed by atoms with Gasteiger partial charge in [0.05, 0.1) is 43.2 Å². The van der Waals surface area contributed by atoms with E-state index in [4.69, 9.17) is 21.7 Å². The van der Waals surface area contributed by atoms with Crippen LogP contribution >= 0.6 is 12.2 Å². The number of aryl methyl sites for hydroxylation is 1. The average Bonchev–Trinajstić information content (AvgIpc) is 3.43. The smallest absolute Gasteiger partial charge is 0.335 e. The van der Waals surface area contributed by atoms with Crippen LogP contribution in [-0.4, -0.2) is 40.0 Å². The van der Waals surface area contributed by atoms with E-state index in [1.165, 1.54) is 0 Å². The van der Waals surface area contributed by atoms with Crippen molar-refractivity contribution < 1.29 is 19.4 Å². The molecule has 0 spiro atoms. The Morgan fingerprint density at radius 3 is 2.42 bits per heavy atom. The van der Waals surface area contributed by atoms with Gasteiger partial charge in [-0.05, 0) is 86.2 Å². The number of methoxy groups -OCH3 is 2. The number of aromatic nitrogens is 2. The quantitative estimate of drug-likeness (QED) is 0.309. The van der Waals surface area contributed by atoms with Gasteiger partial charge in [0.1, 0.15) is 11.5 Å². The molecule has 2 aromatic carbocycles. The number of rotatable bonds is 7. The molecular weight excluding hydrogens is 500 g/mol. The SMILES string of the molecule is COc1ccc(N2C(=S)N[C@@H](c3ccccn3)[C@H]2c2cc(C)n(-c3ccc(C(=O)O)cc3)c2C)c(OC)c1. The van der Waals surface area contributed by atoms with E-state index in [0.717, 1.165) is 34.0 Å². The minimum atomic E-state index is -0.953. The number of carboxylic acids is 1. The standard InChI is InChI=1S/C29H28N4O4S/c1-17-15-22(18(2)32(17)20-10-8-19(9-11-20)28(34)35)27-26(23-7-5-6-14-30-23)31-29(38)33(27)24-13-12-21(36-3)16-25(24)37-4/h5-16,26-27H,1-4H3,(H,31,38)(H,34,35)/t26-,27+/m0/s1. The summed E-state index contributed by atoms with van der Waals surface area (Å²) in [5.41, 5.74) is 5.89. The van der Waals surface area contributed by atoms with Gasteiger partial charge >= 0.3 is 5.97 Å². The van der Waals surface area contributed by atoms with Crippen LogP contribution in [0.25, 0.3) is 5.69 Å². The number of pyridine rings is 1. The minimum Gasteiger partial charge on any atom is -0.497 e. The van der Waals surface area contributed by atoms with E-state index in [0.29, 0.717) is 16.6 Å². The second kappa shape index (κ2) is 10.2. The van der Waals surface area contributed by atoms with Crippen molar-refractivity contribution in [2.24, 2.45) is 0 Å². The van der Waals surface area contributed by atoms with Crippen molar-refractivity contribution in [2.45, 2.75) is 25.9 Å². The molecule has 0 bridgehead atoms. The van der Waals surface area contributed by atoms with Crippen LogP contribution in [0.2, 0.25) is 0 Å². The van der Waals surface area contributed by atoms with Crippen molar-refractivity contribution in [1.82, 2.24) is 14.9 Å². The average molecular weight is 529 g/mol. The predicted molar refractivity (Wildman–Crippen MR) is 150 cm³/mol. The van der Waals surface area contributed by atoms with Crippen molar-refractivity contribution in [3.8, 4) is 17.2 Å². The third-order valence-electron chi connectivity index (χ3n) is 6.91. The zero-order valence-corrected chi connectivity index (χ0v) is 22.3. The van der Waals surface area contributed by atoms with Crippen molar-refractivity contribution >= 4 is 29.0 Å². The summed E-state index contributed by atoms with van der Waals surface area (Å²) in [6.45, 7) is 4.10. The topological polar surface area (TPSA) is 88.9 Å². The van der Waals surface area contributed by atoms with Gasteiger partial charge in [-0.3, -0.25) is 4.98 Å². The fourth-order valence-corrected chi connectivity index (χ4v) is 5.49. The maximum Gasteiger partial charge on any atom is 0.335 e. The second-order valence-corrected chi connectivity index (χ2v) is 9.43. The molecule has 5 rings (SSSR count). The van der Waals surface area contributed by atoms with Crippen LogP contribution in [0.3, 0.4) is 0 Å². The molecule has 2 atom stereocenters. The Balaban J connectivity index is 1.67. The fourth-order valence-electron chi connectivity index (χ4n) is 5.15. The van der Waals surface area contributed by atoms with Gasteiger partial charge in [0.25, 0.3) is 0 Å². The molecule has 0 unspecified atom stereocenters. The number of carboxylic acid groups (broad SMARTS) is 1. The Labute approximate surface area is 226 Å². The van der Waals surface area contributed by atoms with Gasteiger partial charge in [0.15, 0.2) is 5.11 Å². The predicted octanol–water partition coefficient (Wildman–Crippen LogP) is 5.38. The Morgan fingerprint density at radius 1 is 1.03 bits per heavy atom. The molecular formula is C29H28N4O4S. The number of nitrogens with zero attached hydrogens (tertiary/aromatic N) is 3. The van der Waals surface area contributed by atoms with Crippen LogP contribution in [0.5, 0.6) is 11.5 Å². The highest BCUT2D eigenvalue weighted by Gasteiger charge is 2.43. The van der Waals surface area contributed by atoms with Crippen molar-refractivity contribution in [2.75, 3.05) is 19.1 Å². The number of hydrogen-bond acceptors (Lipinski definition) is 5. The summed E-state index contributed by atoms with van der Waals surface area (Å²) in [6.07, 6.45) is 1.78. The normalized spacial score (nSPS) is 16.8. The number of anilines is 1. The Morgan fingerprint density at radius 2 is 1.79 bits per heavy atom. The number of aromatic carboxylic acids is 1. The van der Waals surface area contributed by atoms with Crippen molar-refractivity contribution in [3.05, 3.63) is 101 Å². The van der Waals surface area contributed by atoms with Crippen molar-refractivity contribution in [3.63, 3.8) is 0 Å². The van der Waals surface area contributed by atoms with Gasteiger partial charge in [-0.25, -0.2) is 4.79 Å². The molecule has 8 nitrogen and oxygen atoms in total. The van der Waals surface area contributed by atoms with E-state index in [1.807, 2.05) is 55.5 Å². The summed E-state index contributed by atoms with van der Waals surface area (Å²) in [4.78, 5) is 18.1. The lowest BCUT2D eigenvalue weighted by Gasteiger charge is -2.29. The summed E-state index contributed by atoms with van der Waals surface area (Å²) in [7, 11) is 3.25. The first-order chi connectivity index (χ1) is 18.3. The molecule has 1 saturated heterocycles. The lowest BCUT2D eigenvalue weighted by Crippen LogP contribution is -2.30. The highest BCUT2D eigenvalue weighted by atomic mass is 32.1. The van der Waals surface area contributed by atoms with Gasteiger partial charge in [-0.15, -0.1) is 0 Å². The fraction of sp³-hybridized carbons (Fsp3) is 0.207. The lowest BCUT2D eigenvalue weighted by molar-refractivity contribution is 0.0697. The number of ether oxygens (including phenoxy) is 2. The lowest BCUT2D eigenvalue weighted by atomic mass is 9.96. The molecule has 1 aliphatic heterocycles. The molecule has 1 aliphatic rings. The van der Waals surface area contributed by atoms with Crippen LogP contribution in [0.4, 0.5) is 5.69 Å². The van der Waals surface area contributed by atoms with E-state index < -0.39 is 5.97 Å². The maximum absolute atomic E-state index is 11.4. The van der Waals surface area contributed by atoms with Crippen LogP contribution in [0.15, 0.2) is 72.9 Å². The van der Waals surface area contributed by atoms with Crippen LogP contribution in [0.1, 0.15) is 45.1 Å². The molecule has 0 aliphatic carbocycles. The summed E-state index contributed by atoms with van der Waals surface area (Å²) in [5.74, 6) is 0.369. The second-order valence-electron chi connectivity index (χ2n) is 9.05. The molecule has 2 N–H and O–H groups in total. The minimum absolute atomic E-state index is 0.223. The summed E-state index contributed by atoms with van der Waals surface area (Å²) >= 11 is 5.90. The Hall–Kier alpha value is -4.37. The van der Waals surface area contributed by atoms with E-state index in [9.17, 15) is 9.90 Å². The van der Waals surface area contributed by atoms with Gasteiger partial charge in [0.2, 0.25) is 0 Å². The largest absolute Gasteiger partial charge is 0.497 e. The van der Waals surface area contributed by atoms with Crippen molar-refractivity contribution in [1.29, 1.82) is 0 Å². The van der Waals surface area contributed by atoms with E-state index in [1.54, 1.807) is 32.5 Å². The molecule has 1 fully saturated rings. The summed E-state index contributed by atoms with van der Waals surface area (Å²) in [5, 5.41) is 13.4. The number of carbonyl (C=O) groups is 1. The maximum atomic E-state index is 11.4. The third-order valence-corrected chi connectivity index (χ3v) is 7.22. The molecule has 0 amide bonds.